The maximum Gasteiger partial charge on any atom is 0.328 e. The Hall–Kier alpha value is -2.08. The predicted octanol–water partition coefficient (Wildman–Crippen LogP) is 0.503. The number of benzene rings is 1. The van der Waals surface area contributed by atoms with Crippen molar-refractivity contribution in [2.24, 2.45) is 0 Å². The molecule has 108 valence electrons. The molecule has 1 aromatic rings. The molecule has 0 fully saturated rings. The molecule has 1 aliphatic heterocycles. The molecule has 2 rings (SSSR count). The lowest BCUT2D eigenvalue weighted by Crippen LogP contribution is -2.49. The van der Waals surface area contributed by atoms with Gasteiger partial charge in [-0.15, -0.1) is 0 Å². The summed E-state index contributed by atoms with van der Waals surface area (Å²) in [7, 11) is 0. The smallest absolute Gasteiger partial charge is 0.328 e. The van der Waals surface area contributed by atoms with Crippen LogP contribution in [0, 0.1) is 0 Å². The minimum Gasteiger partial charge on any atom is -0.493 e. The minimum absolute atomic E-state index is 0.404. The highest BCUT2D eigenvalue weighted by Crippen LogP contribution is 2.33. The summed E-state index contributed by atoms with van der Waals surface area (Å²) < 4.78 is 5.46. The number of carboxylic acids is 1. The van der Waals surface area contributed by atoms with Gasteiger partial charge in [0.15, 0.2) is 6.04 Å². The number of ether oxygens (including phenoxy) is 1. The summed E-state index contributed by atoms with van der Waals surface area (Å²) in [5.41, 5.74) is 0.742. The highest BCUT2D eigenvalue weighted by molar-refractivity contribution is 5.89. The molecule has 0 radical (unpaired) electrons. The van der Waals surface area contributed by atoms with E-state index in [4.69, 9.17) is 9.84 Å². The number of aliphatic hydroxyl groups excluding tert-OH is 1. The van der Waals surface area contributed by atoms with Crippen LogP contribution < -0.4 is 10.1 Å². The van der Waals surface area contributed by atoms with Crippen LogP contribution in [0.25, 0.3) is 0 Å². The van der Waals surface area contributed by atoms with Crippen LogP contribution in [0.15, 0.2) is 24.3 Å². The van der Waals surface area contributed by atoms with Crippen LogP contribution >= 0.6 is 0 Å². The SMILES string of the molecule is C[C@@H](O)[C@H](NC(=O)C1CCOc2ccccc21)C(=O)O. The highest BCUT2D eigenvalue weighted by Gasteiger charge is 2.32. The Balaban J connectivity index is 2.16. The van der Waals surface area contributed by atoms with Gasteiger partial charge in [0, 0.05) is 5.56 Å². The van der Waals surface area contributed by atoms with E-state index in [1.807, 2.05) is 6.07 Å². The third-order valence-electron chi connectivity index (χ3n) is 3.32. The number of fused-ring (bicyclic) bond motifs is 1. The van der Waals surface area contributed by atoms with Gasteiger partial charge < -0.3 is 20.3 Å². The Kier molecular flexibility index (Phi) is 4.24. The quantitative estimate of drug-likeness (QED) is 0.746. The van der Waals surface area contributed by atoms with E-state index in [0.29, 0.717) is 18.8 Å². The van der Waals surface area contributed by atoms with E-state index in [9.17, 15) is 14.7 Å². The molecule has 1 unspecified atom stereocenters. The summed E-state index contributed by atoms with van der Waals surface area (Å²) in [4.78, 5) is 23.2. The topological polar surface area (TPSA) is 95.9 Å². The minimum atomic E-state index is -1.31. The van der Waals surface area contributed by atoms with Crippen molar-refractivity contribution in [3.63, 3.8) is 0 Å². The molecule has 0 aromatic heterocycles. The first-order valence-corrected chi connectivity index (χ1v) is 6.43. The lowest BCUT2D eigenvalue weighted by atomic mass is 9.92. The second-order valence-corrected chi connectivity index (χ2v) is 4.79. The van der Waals surface area contributed by atoms with Crippen molar-refractivity contribution in [2.45, 2.75) is 31.4 Å². The molecule has 20 heavy (non-hydrogen) atoms. The van der Waals surface area contributed by atoms with Gasteiger partial charge >= 0.3 is 5.97 Å². The van der Waals surface area contributed by atoms with Crippen molar-refractivity contribution >= 4 is 11.9 Å². The molecule has 0 bridgehead atoms. The summed E-state index contributed by atoms with van der Waals surface area (Å²) in [5, 5.41) is 20.8. The van der Waals surface area contributed by atoms with Crippen LogP contribution in [0.2, 0.25) is 0 Å². The number of carbonyl (C=O) groups is 2. The molecule has 0 saturated heterocycles. The van der Waals surface area contributed by atoms with E-state index in [1.54, 1.807) is 18.2 Å². The number of aliphatic carboxylic acids is 1. The molecule has 0 aliphatic carbocycles. The van der Waals surface area contributed by atoms with E-state index >= 15 is 0 Å². The summed E-state index contributed by atoms with van der Waals surface area (Å²) in [6.07, 6.45) is -0.679. The first kappa shape index (κ1) is 14.3. The lowest BCUT2D eigenvalue weighted by molar-refractivity contribution is -0.145. The van der Waals surface area contributed by atoms with Gasteiger partial charge in [-0.05, 0) is 19.4 Å². The number of para-hydroxylation sites is 1. The van der Waals surface area contributed by atoms with Gasteiger partial charge in [0.25, 0.3) is 0 Å². The van der Waals surface area contributed by atoms with Gasteiger partial charge in [-0.2, -0.15) is 0 Å². The number of carbonyl (C=O) groups excluding carboxylic acids is 1. The number of nitrogens with one attached hydrogen (secondary N) is 1. The molecule has 3 N–H and O–H groups in total. The first-order chi connectivity index (χ1) is 9.50. The van der Waals surface area contributed by atoms with Gasteiger partial charge in [-0.25, -0.2) is 4.79 Å². The second-order valence-electron chi connectivity index (χ2n) is 4.79. The molecule has 0 spiro atoms. The van der Waals surface area contributed by atoms with E-state index in [-0.39, 0.29) is 0 Å². The summed E-state index contributed by atoms with van der Waals surface area (Å²) in [5.74, 6) is -1.48. The number of amides is 1. The number of aliphatic hydroxyl groups is 1. The van der Waals surface area contributed by atoms with Crippen LogP contribution in [-0.2, 0) is 9.59 Å². The van der Waals surface area contributed by atoms with Crippen LogP contribution in [0.3, 0.4) is 0 Å². The number of hydrogen-bond acceptors (Lipinski definition) is 4. The number of rotatable bonds is 4. The van der Waals surface area contributed by atoms with Gasteiger partial charge in [-0.1, -0.05) is 18.2 Å². The Morgan fingerprint density at radius 2 is 2.10 bits per heavy atom. The molecule has 1 heterocycles. The number of hydrogen-bond donors (Lipinski definition) is 3. The van der Waals surface area contributed by atoms with Crippen LogP contribution in [0.5, 0.6) is 5.75 Å². The van der Waals surface area contributed by atoms with Gasteiger partial charge in [0.1, 0.15) is 5.75 Å². The lowest BCUT2D eigenvalue weighted by Gasteiger charge is -2.27. The molecule has 6 heteroatoms. The normalized spacial score (nSPS) is 20.2. The Bertz CT molecular complexity index is 514. The van der Waals surface area contributed by atoms with Crippen molar-refractivity contribution in [2.75, 3.05) is 6.61 Å². The van der Waals surface area contributed by atoms with Crippen molar-refractivity contribution < 1.29 is 24.5 Å². The van der Waals surface area contributed by atoms with Crippen LogP contribution in [-0.4, -0.2) is 40.8 Å². The Labute approximate surface area is 116 Å². The van der Waals surface area contributed by atoms with Crippen molar-refractivity contribution in [3.8, 4) is 5.75 Å². The van der Waals surface area contributed by atoms with Crippen molar-refractivity contribution in [1.29, 1.82) is 0 Å². The average molecular weight is 279 g/mol. The third kappa shape index (κ3) is 2.91. The van der Waals surface area contributed by atoms with Gasteiger partial charge in [0.2, 0.25) is 5.91 Å². The third-order valence-corrected chi connectivity index (χ3v) is 3.32. The Morgan fingerprint density at radius 1 is 1.40 bits per heavy atom. The zero-order chi connectivity index (χ0) is 14.7. The fourth-order valence-electron chi connectivity index (χ4n) is 2.26. The predicted molar refractivity (Wildman–Crippen MR) is 70.5 cm³/mol. The van der Waals surface area contributed by atoms with Crippen LogP contribution in [0.1, 0.15) is 24.8 Å². The zero-order valence-electron chi connectivity index (χ0n) is 11.1. The monoisotopic (exact) mass is 279 g/mol. The highest BCUT2D eigenvalue weighted by atomic mass is 16.5. The second kappa shape index (κ2) is 5.92. The molecular formula is C14H17NO5. The molecule has 6 nitrogen and oxygen atoms in total. The van der Waals surface area contributed by atoms with Crippen molar-refractivity contribution in [1.82, 2.24) is 5.32 Å². The van der Waals surface area contributed by atoms with E-state index in [0.717, 1.165) is 5.56 Å². The molecule has 3 atom stereocenters. The maximum absolute atomic E-state index is 12.2. The first-order valence-electron chi connectivity index (χ1n) is 6.43. The largest absolute Gasteiger partial charge is 0.493 e. The summed E-state index contributed by atoms with van der Waals surface area (Å²) >= 11 is 0. The Morgan fingerprint density at radius 3 is 2.75 bits per heavy atom. The fourth-order valence-corrected chi connectivity index (χ4v) is 2.26. The fraction of sp³-hybridized carbons (Fsp3) is 0.429. The molecule has 1 aliphatic rings. The summed E-state index contributed by atoms with van der Waals surface area (Å²) in [6.45, 7) is 1.73. The average Bonchev–Trinajstić information content (AvgIpc) is 2.43. The van der Waals surface area contributed by atoms with E-state index < -0.39 is 29.9 Å². The molecule has 1 amide bonds. The summed E-state index contributed by atoms with van der Waals surface area (Å²) in [6, 6.07) is 5.87. The van der Waals surface area contributed by atoms with Gasteiger partial charge in [0.05, 0.1) is 18.6 Å². The van der Waals surface area contributed by atoms with Crippen molar-refractivity contribution in [3.05, 3.63) is 29.8 Å². The maximum atomic E-state index is 12.2. The van der Waals surface area contributed by atoms with E-state index in [2.05, 4.69) is 5.32 Å². The zero-order valence-corrected chi connectivity index (χ0v) is 11.1. The molecule has 1 aromatic carbocycles. The van der Waals surface area contributed by atoms with Gasteiger partial charge in [-0.3, -0.25) is 4.79 Å². The molecular weight excluding hydrogens is 262 g/mol. The standard InChI is InChI=1S/C14H17NO5/c1-8(16)12(14(18)19)15-13(17)10-6-7-20-11-5-3-2-4-9(10)11/h2-5,8,10,12,16H,6-7H2,1H3,(H,15,17)(H,18,19)/t8-,10?,12+/m1/s1. The number of carboxylic acid groups (broad SMARTS) is 1. The van der Waals surface area contributed by atoms with Crippen LogP contribution in [0.4, 0.5) is 0 Å². The van der Waals surface area contributed by atoms with E-state index in [1.165, 1.54) is 6.92 Å². The molecule has 0 saturated carbocycles.